The van der Waals surface area contributed by atoms with E-state index in [0.29, 0.717) is 0 Å². The van der Waals surface area contributed by atoms with Gasteiger partial charge in [-0.25, -0.2) is 4.98 Å². The molecular weight excluding hydrogens is 292 g/mol. The van der Waals surface area contributed by atoms with Crippen molar-refractivity contribution in [2.75, 3.05) is 11.4 Å². The molecular formula is C10H9BrN2S2. The molecule has 0 aromatic carbocycles. The lowest BCUT2D eigenvalue weighted by Gasteiger charge is -2.26. The predicted molar refractivity (Wildman–Crippen MR) is 68.9 cm³/mol. The van der Waals surface area contributed by atoms with Gasteiger partial charge in [0, 0.05) is 23.3 Å². The van der Waals surface area contributed by atoms with Gasteiger partial charge >= 0.3 is 0 Å². The van der Waals surface area contributed by atoms with Crippen LogP contribution in [0.3, 0.4) is 0 Å². The summed E-state index contributed by atoms with van der Waals surface area (Å²) in [7, 11) is 0. The zero-order valence-electron chi connectivity index (χ0n) is 7.94. The summed E-state index contributed by atoms with van der Waals surface area (Å²) in [6.07, 6.45) is 1.16. The van der Waals surface area contributed by atoms with E-state index in [4.69, 9.17) is 0 Å². The van der Waals surface area contributed by atoms with E-state index in [1.165, 1.54) is 5.56 Å². The smallest absolute Gasteiger partial charge is 0.186 e. The molecule has 1 aliphatic heterocycles. The fraction of sp³-hybridized carbons (Fsp3) is 0.300. The van der Waals surface area contributed by atoms with E-state index in [2.05, 4.69) is 37.3 Å². The van der Waals surface area contributed by atoms with Crippen LogP contribution in [0.5, 0.6) is 0 Å². The number of thiazole rings is 1. The van der Waals surface area contributed by atoms with Crippen molar-refractivity contribution in [3.8, 4) is 0 Å². The van der Waals surface area contributed by atoms with Crippen LogP contribution in [-0.4, -0.2) is 11.5 Å². The van der Waals surface area contributed by atoms with Crippen LogP contribution in [0, 0.1) is 0 Å². The fourth-order valence-electron chi connectivity index (χ4n) is 1.80. The number of hydrogen-bond acceptors (Lipinski definition) is 4. The first kappa shape index (κ1) is 9.81. The molecule has 0 bridgehead atoms. The molecule has 0 spiro atoms. The SMILES string of the molecule is Brc1csc(N2CCc3sccc3C2)n1. The molecule has 2 aromatic rings. The summed E-state index contributed by atoms with van der Waals surface area (Å²) >= 11 is 6.98. The van der Waals surface area contributed by atoms with Crippen LogP contribution in [0.1, 0.15) is 10.4 Å². The van der Waals surface area contributed by atoms with Crippen molar-refractivity contribution in [1.29, 1.82) is 0 Å². The number of halogens is 1. The zero-order valence-corrected chi connectivity index (χ0v) is 11.2. The van der Waals surface area contributed by atoms with Crippen LogP contribution in [-0.2, 0) is 13.0 Å². The number of nitrogens with zero attached hydrogens (tertiary/aromatic N) is 2. The first-order valence-corrected chi connectivity index (χ1v) is 7.29. The van der Waals surface area contributed by atoms with Crippen LogP contribution in [0.2, 0.25) is 0 Å². The van der Waals surface area contributed by atoms with Gasteiger partial charge in [-0.2, -0.15) is 0 Å². The summed E-state index contributed by atoms with van der Waals surface area (Å²) in [4.78, 5) is 8.35. The van der Waals surface area contributed by atoms with Crippen LogP contribution in [0.15, 0.2) is 21.4 Å². The zero-order chi connectivity index (χ0) is 10.3. The normalized spacial score (nSPS) is 15.4. The molecule has 1 aliphatic rings. The van der Waals surface area contributed by atoms with Crippen LogP contribution >= 0.6 is 38.6 Å². The quantitative estimate of drug-likeness (QED) is 0.801. The van der Waals surface area contributed by atoms with Gasteiger partial charge in [-0.3, -0.25) is 0 Å². The van der Waals surface area contributed by atoms with Gasteiger partial charge in [0.15, 0.2) is 5.13 Å². The first-order valence-electron chi connectivity index (χ1n) is 4.74. The van der Waals surface area contributed by atoms with Crippen LogP contribution in [0.25, 0.3) is 0 Å². The second-order valence-electron chi connectivity index (χ2n) is 3.49. The molecule has 0 radical (unpaired) electrons. The van der Waals surface area contributed by atoms with E-state index in [0.717, 1.165) is 29.2 Å². The molecule has 0 atom stereocenters. The van der Waals surface area contributed by atoms with Gasteiger partial charge in [-0.15, -0.1) is 22.7 Å². The van der Waals surface area contributed by atoms with E-state index >= 15 is 0 Å². The van der Waals surface area contributed by atoms with Gasteiger partial charge in [-0.05, 0) is 39.4 Å². The Kier molecular flexibility index (Phi) is 2.54. The first-order chi connectivity index (χ1) is 7.33. The maximum absolute atomic E-state index is 4.46. The van der Waals surface area contributed by atoms with E-state index < -0.39 is 0 Å². The van der Waals surface area contributed by atoms with Gasteiger partial charge in [0.1, 0.15) is 4.60 Å². The lowest BCUT2D eigenvalue weighted by Crippen LogP contribution is -2.29. The van der Waals surface area contributed by atoms with Gasteiger partial charge in [0.05, 0.1) is 0 Å². The average Bonchev–Trinajstić information content (AvgIpc) is 2.84. The monoisotopic (exact) mass is 300 g/mol. The van der Waals surface area contributed by atoms with E-state index in [9.17, 15) is 0 Å². The Hall–Kier alpha value is -0.390. The summed E-state index contributed by atoms with van der Waals surface area (Å²) in [5, 5.41) is 5.35. The Labute approximate surface area is 105 Å². The van der Waals surface area contributed by atoms with Crippen molar-refractivity contribution in [3.05, 3.63) is 31.9 Å². The Morgan fingerprint density at radius 3 is 3.13 bits per heavy atom. The van der Waals surface area contributed by atoms with Gasteiger partial charge in [0.2, 0.25) is 0 Å². The number of anilines is 1. The summed E-state index contributed by atoms with van der Waals surface area (Å²) < 4.78 is 0.943. The summed E-state index contributed by atoms with van der Waals surface area (Å²) in [6.45, 7) is 2.10. The van der Waals surface area contributed by atoms with Gasteiger partial charge in [-0.1, -0.05) is 0 Å². The van der Waals surface area contributed by atoms with Crippen LogP contribution in [0.4, 0.5) is 5.13 Å². The van der Waals surface area contributed by atoms with E-state index in [-0.39, 0.29) is 0 Å². The molecule has 78 valence electrons. The van der Waals surface area contributed by atoms with Crippen LogP contribution < -0.4 is 4.90 Å². The molecule has 0 saturated carbocycles. The van der Waals surface area contributed by atoms with Crippen molar-refractivity contribution >= 4 is 43.7 Å². The molecule has 0 aliphatic carbocycles. The molecule has 0 fully saturated rings. The number of hydrogen-bond donors (Lipinski definition) is 0. The average molecular weight is 301 g/mol. The summed E-state index contributed by atoms with van der Waals surface area (Å²) in [5.74, 6) is 0. The minimum atomic E-state index is 0.943. The Balaban J connectivity index is 1.87. The molecule has 5 heteroatoms. The maximum atomic E-state index is 4.46. The second-order valence-corrected chi connectivity index (χ2v) is 6.14. The van der Waals surface area contributed by atoms with Crippen molar-refractivity contribution in [3.63, 3.8) is 0 Å². The molecule has 0 unspecified atom stereocenters. The predicted octanol–water partition coefficient (Wildman–Crippen LogP) is 3.53. The third-order valence-corrected chi connectivity index (χ3v) is 5.18. The Morgan fingerprint density at radius 1 is 1.40 bits per heavy atom. The number of thiophene rings is 1. The lowest BCUT2D eigenvalue weighted by molar-refractivity contribution is 0.740. The highest BCUT2D eigenvalue weighted by atomic mass is 79.9. The third-order valence-electron chi connectivity index (χ3n) is 2.54. The third kappa shape index (κ3) is 1.84. The van der Waals surface area contributed by atoms with E-state index in [1.54, 1.807) is 16.2 Å². The lowest BCUT2D eigenvalue weighted by atomic mass is 10.1. The van der Waals surface area contributed by atoms with E-state index in [1.807, 2.05) is 16.7 Å². The number of fused-ring (bicyclic) bond motifs is 1. The highest BCUT2D eigenvalue weighted by molar-refractivity contribution is 9.10. The highest BCUT2D eigenvalue weighted by Crippen LogP contribution is 2.30. The number of rotatable bonds is 1. The molecule has 3 rings (SSSR count). The fourth-order valence-corrected chi connectivity index (χ4v) is 3.97. The van der Waals surface area contributed by atoms with Crippen molar-refractivity contribution in [1.82, 2.24) is 4.98 Å². The topological polar surface area (TPSA) is 16.1 Å². The minimum Gasteiger partial charge on any atom is -0.343 e. The van der Waals surface area contributed by atoms with Crippen molar-refractivity contribution in [2.24, 2.45) is 0 Å². The molecule has 15 heavy (non-hydrogen) atoms. The molecule has 0 N–H and O–H groups in total. The molecule has 2 aromatic heterocycles. The Morgan fingerprint density at radius 2 is 2.33 bits per heavy atom. The largest absolute Gasteiger partial charge is 0.343 e. The molecule has 2 nitrogen and oxygen atoms in total. The minimum absolute atomic E-state index is 0.943. The maximum Gasteiger partial charge on any atom is 0.186 e. The number of aromatic nitrogens is 1. The van der Waals surface area contributed by atoms with Gasteiger partial charge < -0.3 is 4.90 Å². The Bertz CT molecular complexity index is 477. The standard InChI is InChI=1S/C10H9BrN2S2/c11-9-6-15-10(12-9)13-3-1-8-7(5-13)2-4-14-8/h2,4,6H,1,3,5H2. The van der Waals surface area contributed by atoms with Crippen molar-refractivity contribution in [2.45, 2.75) is 13.0 Å². The molecule has 3 heterocycles. The second kappa shape index (κ2) is 3.88. The summed E-state index contributed by atoms with van der Waals surface area (Å²) in [5.41, 5.74) is 1.47. The highest BCUT2D eigenvalue weighted by Gasteiger charge is 2.19. The molecule has 0 amide bonds. The summed E-state index contributed by atoms with van der Waals surface area (Å²) in [6, 6.07) is 2.23. The molecule has 0 saturated heterocycles. The van der Waals surface area contributed by atoms with Gasteiger partial charge in [0.25, 0.3) is 0 Å². The van der Waals surface area contributed by atoms with Crippen molar-refractivity contribution < 1.29 is 0 Å².